The Bertz CT molecular complexity index is 473. The first-order valence-electron chi connectivity index (χ1n) is 6.19. The molecule has 0 aromatic heterocycles. The van der Waals surface area contributed by atoms with Gasteiger partial charge in [0.05, 0.1) is 13.7 Å². The molecule has 1 saturated heterocycles. The molecule has 0 saturated carbocycles. The second kappa shape index (κ2) is 5.02. The van der Waals surface area contributed by atoms with Gasteiger partial charge in [0.2, 0.25) is 0 Å². The van der Waals surface area contributed by atoms with E-state index < -0.39 is 16.6 Å². The first-order valence-corrected chi connectivity index (χ1v) is 6.56. The third-order valence-electron chi connectivity index (χ3n) is 3.24. The molecular weight excluding hydrogens is 268 g/mol. The van der Waals surface area contributed by atoms with Crippen LogP contribution in [0.3, 0.4) is 0 Å². The summed E-state index contributed by atoms with van der Waals surface area (Å²) in [5, 5.41) is -1.42. The predicted molar refractivity (Wildman–Crippen MR) is 71.3 cm³/mol. The molecular formula is C14H17ClO4. The molecule has 1 aliphatic heterocycles. The Morgan fingerprint density at radius 1 is 1.37 bits per heavy atom. The van der Waals surface area contributed by atoms with Crippen molar-refractivity contribution in [2.45, 2.75) is 30.9 Å². The number of carbonyl (C=O) groups is 1. The van der Waals surface area contributed by atoms with Crippen LogP contribution in [-0.4, -0.2) is 24.7 Å². The Labute approximate surface area is 117 Å². The van der Waals surface area contributed by atoms with Crippen LogP contribution in [0.4, 0.5) is 0 Å². The fraction of sp³-hybridized carbons (Fsp3) is 0.500. The van der Waals surface area contributed by atoms with Crippen LogP contribution in [0.15, 0.2) is 24.3 Å². The summed E-state index contributed by atoms with van der Waals surface area (Å²) in [5.41, 5.74) is -0.0398. The van der Waals surface area contributed by atoms with Gasteiger partial charge in [-0.1, -0.05) is 30.7 Å². The lowest BCUT2D eigenvalue weighted by Crippen LogP contribution is -2.26. The molecule has 1 heterocycles. The van der Waals surface area contributed by atoms with E-state index in [9.17, 15) is 4.79 Å². The minimum Gasteiger partial charge on any atom is -0.494 e. The number of ether oxygens (including phenoxy) is 3. The zero-order valence-electron chi connectivity index (χ0n) is 11.2. The summed E-state index contributed by atoms with van der Waals surface area (Å²) < 4.78 is 15.6. The average Bonchev–Trinajstić information content (AvgIpc) is 3.01. The maximum atomic E-state index is 11.6. The van der Waals surface area contributed by atoms with Gasteiger partial charge in [-0.05, 0) is 31.0 Å². The third-order valence-corrected chi connectivity index (χ3v) is 3.83. The number of benzene rings is 1. The van der Waals surface area contributed by atoms with E-state index in [1.54, 1.807) is 6.92 Å². The molecule has 4 nitrogen and oxygen atoms in total. The van der Waals surface area contributed by atoms with Gasteiger partial charge in [0.1, 0.15) is 11.4 Å². The van der Waals surface area contributed by atoms with Crippen molar-refractivity contribution in [1.29, 1.82) is 0 Å². The molecule has 1 fully saturated rings. The first-order chi connectivity index (χ1) is 8.98. The SMILES string of the molecule is CCCOc1ccc(C2(C)OC2(Cl)C(=O)OC)cc1. The molecule has 2 rings (SSSR count). The maximum absolute atomic E-state index is 11.6. The maximum Gasteiger partial charge on any atom is 0.357 e. The minimum atomic E-state index is -1.42. The number of hydrogen-bond donors (Lipinski definition) is 0. The Balaban J connectivity index is 2.13. The summed E-state index contributed by atoms with van der Waals surface area (Å²) in [6, 6.07) is 7.37. The van der Waals surface area contributed by atoms with Crippen LogP contribution in [0.25, 0.3) is 0 Å². The Morgan fingerprint density at radius 3 is 2.53 bits per heavy atom. The number of rotatable bonds is 5. The largest absolute Gasteiger partial charge is 0.494 e. The molecule has 1 aromatic carbocycles. The highest BCUT2D eigenvalue weighted by atomic mass is 35.5. The van der Waals surface area contributed by atoms with Crippen molar-refractivity contribution in [3.05, 3.63) is 29.8 Å². The molecule has 0 spiro atoms. The van der Waals surface area contributed by atoms with Gasteiger partial charge in [0.25, 0.3) is 5.06 Å². The van der Waals surface area contributed by atoms with E-state index in [4.69, 9.17) is 21.1 Å². The van der Waals surface area contributed by atoms with Crippen molar-refractivity contribution in [1.82, 2.24) is 0 Å². The highest BCUT2D eigenvalue weighted by Gasteiger charge is 2.73. The molecule has 0 N–H and O–H groups in total. The quantitative estimate of drug-likeness (QED) is 0.474. The Hall–Kier alpha value is -1.26. The van der Waals surface area contributed by atoms with Crippen molar-refractivity contribution in [3.8, 4) is 5.75 Å². The van der Waals surface area contributed by atoms with Crippen LogP contribution in [-0.2, 0) is 19.9 Å². The molecule has 1 aromatic rings. The first kappa shape index (κ1) is 14.2. The van der Waals surface area contributed by atoms with Crippen molar-refractivity contribution in [2.24, 2.45) is 0 Å². The van der Waals surface area contributed by atoms with Crippen molar-refractivity contribution in [2.75, 3.05) is 13.7 Å². The normalized spacial score (nSPS) is 28.8. The number of carbonyl (C=O) groups excluding carboxylic acids is 1. The predicted octanol–water partition coefficient (Wildman–Crippen LogP) is 2.83. The topological polar surface area (TPSA) is 48.1 Å². The molecule has 2 atom stereocenters. The monoisotopic (exact) mass is 284 g/mol. The Morgan fingerprint density at radius 2 is 2.00 bits per heavy atom. The van der Waals surface area contributed by atoms with Gasteiger partial charge in [-0.3, -0.25) is 0 Å². The molecule has 19 heavy (non-hydrogen) atoms. The molecule has 1 aliphatic rings. The van der Waals surface area contributed by atoms with E-state index in [0.717, 1.165) is 17.7 Å². The van der Waals surface area contributed by atoms with Crippen LogP contribution in [0.5, 0.6) is 5.75 Å². The number of methoxy groups -OCH3 is 1. The second-order valence-corrected chi connectivity index (χ2v) is 5.13. The summed E-state index contributed by atoms with van der Waals surface area (Å²) in [4.78, 5) is 11.6. The van der Waals surface area contributed by atoms with Crippen LogP contribution < -0.4 is 4.74 Å². The lowest BCUT2D eigenvalue weighted by atomic mass is 9.97. The van der Waals surface area contributed by atoms with E-state index in [-0.39, 0.29) is 0 Å². The van der Waals surface area contributed by atoms with E-state index >= 15 is 0 Å². The fourth-order valence-corrected chi connectivity index (χ4v) is 2.30. The molecule has 0 bridgehead atoms. The summed E-state index contributed by atoms with van der Waals surface area (Å²) in [5.74, 6) is 0.205. The van der Waals surface area contributed by atoms with Gasteiger partial charge in [-0.2, -0.15) is 0 Å². The van der Waals surface area contributed by atoms with Crippen molar-refractivity contribution in [3.63, 3.8) is 0 Å². The lowest BCUT2D eigenvalue weighted by Gasteiger charge is -2.11. The van der Waals surface area contributed by atoms with Gasteiger partial charge in [0, 0.05) is 0 Å². The van der Waals surface area contributed by atoms with Crippen LogP contribution in [0.2, 0.25) is 0 Å². The molecule has 104 valence electrons. The van der Waals surface area contributed by atoms with E-state index in [1.807, 2.05) is 31.2 Å². The lowest BCUT2D eigenvalue weighted by molar-refractivity contribution is -0.143. The molecule has 0 aliphatic carbocycles. The third kappa shape index (κ3) is 2.30. The van der Waals surface area contributed by atoms with Gasteiger partial charge in [-0.15, -0.1) is 0 Å². The van der Waals surface area contributed by atoms with E-state index in [0.29, 0.717) is 6.61 Å². The fourth-order valence-electron chi connectivity index (χ4n) is 1.96. The molecule has 2 unspecified atom stereocenters. The number of esters is 1. The van der Waals surface area contributed by atoms with Crippen molar-refractivity contribution < 1.29 is 19.0 Å². The second-order valence-electron chi connectivity index (χ2n) is 4.59. The van der Waals surface area contributed by atoms with Gasteiger partial charge < -0.3 is 14.2 Å². The average molecular weight is 285 g/mol. The van der Waals surface area contributed by atoms with Gasteiger partial charge in [-0.25, -0.2) is 4.79 Å². The number of alkyl halides is 1. The van der Waals surface area contributed by atoms with Crippen LogP contribution in [0, 0.1) is 0 Å². The summed E-state index contributed by atoms with van der Waals surface area (Å²) >= 11 is 6.13. The van der Waals surface area contributed by atoms with Gasteiger partial charge >= 0.3 is 5.97 Å². The van der Waals surface area contributed by atoms with Gasteiger partial charge in [0.15, 0.2) is 0 Å². The summed E-state index contributed by atoms with van der Waals surface area (Å²) in [6.45, 7) is 4.49. The number of hydrogen-bond acceptors (Lipinski definition) is 4. The van der Waals surface area contributed by atoms with Crippen LogP contribution in [0.1, 0.15) is 25.8 Å². The number of halogens is 1. The zero-order chi connectivity index (χ0) is 14.1. The molecule has 0 radical (unpaired) electrons. The zero-order valence-corrected chi connectivity index (χ0v) is 12.0. The van der Waals surface area contributed by atoms with E-state index in [2.05, 4.69) is 4.74 Å². The Kier molecular flexibility index (Phi) is 3.74. The van der Waals surface area contributed by atoms with Crippen LogP contribution >= 0.6 is 11.6 Å². The highest BCUT2D eigenvalue weighted by molar-refractivity contribution is 6.35. The van der Waals surface area contributed by atoms with E-state index in [1.165, 1.54) is 7.11 Å². The minimum absolute atomic E-state index is 0.581. The molecule has 5 heteroatoms. The molecule has 0 amide bonds. The summed E-state index contributed by atoms with van der Waals surface area (Å²) in [7, 11) is 1.29. The standard InChI is InChI=1S/C14H17ClO4/c1-4-9-18-11-7-5-10(6-8-11)13(2)14(15,19-13)12(16)17-3/h5-8H,4,9H2,1-3H3. The highest BCUT2D eigenvalue weighted by Crippen LogP contribution is 2.59. The van der Waals surface area contributed by atoms with Crippen molar-refractivity contribution >= 4 is 17.6 Å². The number of epoxide rings is 1. The smallest absolute Gasteiger partial charge is 0.357 e. The summed E-state index contributed by atoms with van der Waals surface area (Å²) in [6.07, 6.45) is 0.954.